The summed E-state index contributed by atoms with van der Waals surface area (Å²) in [6, 6.07) is 0. The van der Waals surface area contributed by atoms with E-state index in [0.717, 1.165) is 31.6 Å². The Morgan fingerprint density at radius 3 is 3.17 bits per heavy atom. The molecular weight excluding hydrogens is 170 g/mol. The molecular formula is C9H17NOS. The number of rotatable bonds is 3. The van der Waals surface area contributed by atoms with Crippen LogP contribution in [0.1, 0.15) is 25.7 Å². The first-order chi connectivity index (χ1) is 5.84. The lowest BCUT2D eigenvalue weighted by Gasteiger charge is -2.11. The molecule has 70 valence electrons. The normalized spacial score (nSPS) is 24.8. The number of hydrogen-bond donors (Lipinski definition) is 1. The molecule has 1 saturated heterocycles. The maximum absolute atomic E-state index is 11.4. The summed E-state index contributed by atoms with van der Waals surface area (Å²) in [6.07, 6.45) is 6.59. The smallest absolute Gasteiger partial charge is 0.223 e. The number of carbonyl (C=O) groups excluding carboxylic acids is 1. The summed E-state index contributed by atoms with van der Waals surface area (Å²) >= 11 is 1.82. The Hall–Kier alpha value is -0.180. The number of nitrogens with one attached hydrogen (secondary N) is 1. The predicted molar refractivity (Wildman–Crippen MR) is 53.3 cm³/mol. The van der Waals surface area contributed by atoms with Crippen molar-refractivity contribution in [3.8, 4) is 0 Å². The van der Waals surface area contributed by atoms with E-state index in [1.54, 1.807) is 0 Å². The number of carbonyl (C=O) groups is 1. The Morgan fingerprint density at radius 1 is 1.58 bits per heavy atom. The molecule has 2 nitrogen and oxygen atoms in total. The molecule has 1 fully saturated rings. The number of thioether (sulfide) groups is 1. The Bertz CT molecular complexity index is 149. The second kappa shape index (κ2) is 5.46. The minimum absolute atomic E-state index is 0.279. The third-order valence-electron chi connectivity index (χ3n) is 2.32. The summed E-state index contributed by atoms with van der Waals surface area (Å²) in [6.45, 7) is 0.884. The van der Waals surface area contributed by atoms with E-state index < -0.39 is 0 Å². The van der Waals surface area contributed by atoms with Crippen molar-refractivity contribution in [3.05, 3.63) is 0 Å². The van der Waals surface area contributed by atoms with Crippen molar-refractivity contribution in [3.63, 3.8) is 0 Å². The summed E-state index contributed by atoms with van der Waals surface area (Å²) in [5.74, 6) is 1.68. The lowest BCUT2D eigenvalue weighted by atomic mass is 10.0. The topological polar surface area (TPSA) is 29.1 Å². The zero-order chi connectivity index (χ0) is 8.81. The predicted octanol–water partition coefficient (Wildman–Crippen LogP) is 1.66. The van der Waals surface area contributed by atoms with Gasteiger partial charge in [-0.15, -0.1) is 0 Å². The molecule has 0 saturated carbocycles. The molecule has 0 radical (unpaired) electrons. The molecule has 1 atom stereocenters. The van der Waals surface area contributed by atoms with Crippen molar-refractivity contribution in [2.45, 2.75) is 25.7 Å². The average molecular weight is 187 g/mol. The summed E-state index contributed by atoms with van der Waals surface area (Å²) in [5.41, 5.74) is 0. The van der Waals surface area contributed by atoms with Crippen LogP contribution in [-0.4, -0.2) is 24.5 Å². The third-order valence-corrected chi connectivity index (χ3v) is 2.96. The van der Waals surface area contributed by atoms with Gasteiger partial charge >= 0.3 is 0 Å². The maximum atomic E-state index is 11.4. The monoisotopic (exact) mass is 187 g/mol. The van der Waals surface area contributed by atoms with E-state index in [1.807, 2.05) is 11.8 Å². The lowest BCUT2D eigenvalue weighted by molar-refractivity contribution is -0.124. The van der Waals surface area contributed by atoms with E-state index in [4.69, 9.17) is 0 Å². The van der Waals surface area contributed by atoms with Gasteiger partial charge in [-0.25, -0.2) is 0 Å². The van der Waals surface area contributed by atoms with E-state index >= 15 is 0 Å². The van der Waals surface area contributed by atoms with E-state index in [2.05, 4.69) is 11.6 Å². The van der Waals surface area contributed by atoms with Crippen LogP contribution in [0.4, 0.5) is 0 Å². The van der Waals surface area contributed by atoms with Crippen LogP contribution in [0, 0.1) is 5.92 Å². The third kappa shape index (κ3) is 3.05. The van der Waals surface area contributed by atoms with Gasteiger partial charge in [0.25, 0.3) is 0 Å². The van der Waals surface area contributed by atoms with Gasteiger partial charge in [0.1, 0.15) is 0 Å². The minimum Gasteiger partial charge on any atom is -0.356 e. The summed E-state index contributed by atoms with van der Waals surface area (Å²) in [5, 5.41) is 2.96. The second-order valence-corrected chi connectivity index (χ2v) is 4.25. The van der Waals surface area contributed by atoms with Crippen molar-refractivity contribution in [1.29, 1.82) is 0 Å². The fourth-order valence-corrected chi connectivity index (χ4v) is 2.06. The molecule has 0 spiro atoms. The quantitative estimate of drug-likeness (QED) is 0.728. The van der Waals surface area contributed by atoms with Gasteiger partial charge in [-0.2, -0.15) is 11.8 Å². The van der Waals surface area contributed by atoms with Crippen LogP contribution in [-0.2, 0) is 4.79 Å². The standard InChI is InChI=1S/C9H17NOS/c1-12-7-5-8-4-2-3-6-10-9(8)11/h8H,2-7H2,1H3,(H,10,11). The first kappa shape index (κ1) is 9.90. The molecule has 1 unspecified atom stereocenters. The first-order valence-corrected chi connectivity index (χ1v) is 6.00. The van der Waals surface area contributed by atoms with Crippen molar-refractivity contribution in [2.75, 3.05) is 18.6 Å². The molecule has 1 amide bonds. The molecule has 1 rings (SSSR count). The van der Waals surface area contributed by atoms with E-state index in [1.165, 1.54) is 6.42 Å². The summed E-state index contributed by atoms with van der Waals surface area (Å²) in [4.78, 5) is 11.4. The van der Waals surface area contributed by atoms with Crippen LogP contribution in [0.5, 0.6) is 0 Å². The molecule has 3 heteroatoms. The van der Waals surface area contributed by atoms with Gasteiger partial charge in [0.05, 0.1) is 0 Å². The fourth-order valence-electron chi connectivity index (χ4n) is 1.54. The average Bonchev–Trinajstić information content (AvgIpc) is 2.27. The molecule has 0 aliphatic carbocycles. The number of hydrogen-bond acceptors (Lipinski definition) is 2. The van der Waals surface area contributed by atoms with Crippen LogP contribution in [0.2, 0.25) is 0 Å². The summed E-state index contributed by atoms with van der Waals surface area (Å²) < 4.78 is 0. The van der Waals surface area contributed by atoms with E-state index in [0.29, 0.717) is 5.92 Å². The zero-order valence-electron chi connectivity index (χ0n) is 7.64. The highest BCUT2D eigenvalue weighted by atomic mass is 32.2. The zero-order valence-corrected chi connectivity index (χ0v) is 8.45. The van der Waals surface area contributed by atoms with Crippen LogP contribution >= 0.6 is 11.8 Å². The molecule has 1 heterocycles. The SMILES string of the molecule is CSCCC1CCCCNC1=O. The van der Waals surface area contributed by atoms with Gasteiger partial charge in [-0.3, -0.25) is 4.79 Å². The van der Waals surface area contributed by atoms with Crippen molar-refractivity contribution >= 4 is 17.7 Å². The fraction of sp³-hybridized carbons (Fsp3) is 0.889. The highest BCUT2D eigenvalue weighted by Gasteiger charge is 2.19. The van der Waals surface area contributed by atoms with Crippen LogP contribution in [0.15, 0.2) is 0 Å². The van der Waals surface area contributed by atoms with Gasteiger partial charge in [0.2, 0.25) is 5.91 Å². The van der Waals surface area contributed by atoms with Crippen molar-refractivity contribution < 1.29 is 4.79 Å². The van der Waals surface area contributed by atoms with Gasteiger partial charge in [-0.1, -0.05) is 6.42 Å². The Labute approximate surface area is 78.5 Å². The molecule has 0 bridgehead atoms. The van der Waals surface area contributed by atoms with Crippen LogP contribution < -0.4 is 5.32 Å². The van der Waals surface area contributed by atoms with Gasteiger partial charge < -0.3 is 5.32 Å². The second-order valence-electron chi connectivity index (χ2n) is 3.27. The first-order valence-electron chi connectivity index (χ1n) is 4.61. The molecule has 1 aliphatic heterocycles. The molecule has 1 aliphatic rings. The minimum atomic E-state index is 0.279. The van der Waals surface area contributed by atoms with Crippen molar-refractivity contribution in [2.24, 2.45) is 5.92 Å². The van der Waals surface area contributed by atoms with Gasteiger partial charge in [0.15, 0.2) is 0 Å². The van der Waals surface area contributed by atoms with Gasteiger partial charge in [-0.05, 0) is 31.3 Å². The molecule has 1 N–H and O–H groups in total. The largest absolute Gasteiger partial charge is 0.356 e. The Kier molecular flexibility index (Phi) is 4.51. The lowest BCUT2D eigenvalue weighted by Crippen LogP contribution is -2.29. The molecule has 0 aromatic carbocycles. The van der Waals surface area contributed by atoms with Gasteiger partial charge in [0, 0.05) is 12.5 Å². The van der Waals surface area contributed by atoms with Crippen LogP contribution in [0.25, 0.3) is 0 Å². The van der Waals surface area contributed by atoms with E-state index in [9.17, 15) is 4.79 Å². The Balaban J connectivity index is 2.31. The maximum Gasteiger partial charge on any atom is 0.223 e. The molecule has 0 aromatic heterocycles. The van der Waals surface area contributed by atoms with E-state index in [-0.39, 0.29) is 5.91 Å². The Morgan fingerprint density at radius 2 is 2.42 bits per heavy atom. The van der Waals surface area contributed by atoms with Crippen LogP contribution in [0.3, 0.4) is 0 Å². The highest BCUT2D eigenvalue weighted by molar-refractivity contribution is 7.98. The van der Waals surface area contributed by atoms with Crippen molar-refractivity contribution in [1.82, 2.24) is 5.32 Å². The molecule has 12 heavy (non-hydrogen) atoms. The number of amides is 1. The summed E-state index contributed by atoms with van der Waals surface area (Å²) in [7, 11) is 0. The molecule has 0 aromatic rings. The highest BCUT2D eigenvalue weighted by Crippen LogP contribution is 2.17.